The third-order valence-electron chi connectivity index (χ3n) is 9.68. The van der Waals surface area contributed by atoms with E-state index in [4.69, 9.17) is 0 Å². The van der Waals surface area contributed by atoms with Crippen LogP contribution < -0.4 is 26.8 Å². The largest absolute Gasteiger partial charge is 0.353 e. The minimum Gasteiger partial charge on any atom is -0.353 e. The first-order valence-electron chi connectivity index (χ1n) is 15.6. The molecule has 2 heterocycles. The Balaban J connectivity index is 1.13. The molecule has 236 valence electrons. The molecule has 0 saturated heterocycles. The van der Waals surface area contributed by atoms with Gasteiger partial charge in [0.1, 0.15) is 24.0 Å². The number of para-hydroxylation sites is 1. The summed E-state index contributed by atoms with van der Waals surface area (Å²) >= 11 is 0. The molecule has 0 aliphatic heterocycles. The minimum atomic E-state index is -1.24. The highest BCUT2D eigenvalue weighted by Crippen LogP contribution is 2.53. The number of hydrogen-bond donors (Lipinski definition) is 5. The van der Waals surface area contributed by atoms with Crippen molar-refractivity contribution in [3.05, 3.63) is 64.7 Å². The average Bonchev–Trinajstić information content (AvgIpc) is 3.46. The van der Waals surface area contributed by atoms with Gasteiger partial charge in [0.05, 0.1) is 0 Å². The van der Waals surface area contributed by atoms with Crippen LogP contribution in [-0.4, -0.2) is 58.1 Å². The van der Waals surface area contributed by atoms with Gasteiger partial charge >= 0.3 is 0 Å². The molecule has 4 saturated carbocycles. The standard InChI is InChI=1S/C33H38N6O6/c1-34-32(44)27(40)9-8-24(36-31(43)26-16-20-5-2-3-6-23(20)35-26)30(42)37-25-7-4-10-39(33(25)45)17-28(41)38-29-21-12-18-11-19(14-21)15-22(29)13-18/h2-7,10,16,18-19,21-22,24,29,35H,8-9,11-15,17H2,1H3,(H,34,44)(H,36,43)(H,37,42)(H,38,41)/t18?,19?,21?,22?,24-,29?/m0/s1. The number of carbonyl (C=O) groups is 5. The summed E-state index contributed by atoms with van der Waals surface area (Å²) in [5, 5.41) is 11.4. The van der Waals surface area contributed by atoms with E-state index in [1.54, 1.807) is 12.1 Å². The second-order valence-electron chi connectivity index (χ2n) is 12.7. The third kappa shape index (κ3) is 6.54. The van der Waals surface area contributed by atoms with E-state index in [2.05, 4.69) is 26.3 Å². The molecule has 1 aromatic carbocycles. The van der Waals surface area contributed by atoms with Crippen molar-refractivity contribution in [2.45, 2.75) is 63.6 Å². The number of likely N-dealkylation sites (N-methyl/N-ethyl adjacent to an activating group) is 1. The Morgan fingerprint density at radius 2 is 1.67 bits per heavy atom. The lowest BCUT2D eigenvalue weighted by atomic mass is 9.54. The molecule has 4 aliphatic carbocycles. The van der Waals surface area contributed by atoms with Crippen LogP contribution in [0.5, 0.6) is 0 Å². The molecule has 4 fully saturated rings. The molecule has 2 aromatic heterocycles. The number of Topliss-reactive ketones (excluding diaryl/α,β-unsaturated/α-hetero) is 1. The Hall–Kier alpha value is -4.74. The summed E-state index contributed by atoms with van der Waals surface area (Å²) in [7, 11) is 1.33. The zero-order chi connectivity index (χ0) is 31.7. The van der Waals surface area contributed by atoms with Crippen molar-refractivity contribution in [3.8, 4) is 0 Å². The summed E-state index contributed by atoms with van der Waals surface area (Å²) in [4.78, 5) is 79.9. The average molecular weight is 615 g/mol. The number of nitrogens with one attached hydrogen (secondary N) is 5. The van der Waals surface area contributed by atoms with Gasteiger partial charge in [-0.3, -0.25) is 28.8 Å². The highest BCUT2D eigenvalue weighted by Gasteiger charge is 2.48. The third-order valence-corrected chi connectivity index (χ3v) is 9.68. The zero-order valence-corrected chi connectivity index (χ0v) is 25.1. The number of carbonyl (C=O) groups excluding carboxylic acids is 5. The molecule has 3 aromatic rings. The fourth-order valence-electron chi connectivity index (χ4n) is 7.75. The normalized spacial score (nSPS) is 23.7. The maximum absolute atomic E-state index is 13.4. The van der Waals surface area contributed by atoms with Gasteiger partial charge in [-0.05, 0) is 86.5 Å². The van der Waals surface area contributed by atoms with Gasteiger partial charge in [0, 0.05) is 36.6 Å². The van der Waals surface area contributed by atoms with Crippen LogP contribution in [0.2, 0.25) is 0 Å². The maximum atomic E-state index is 13.4. The second-order valence-corrected chi connectivity index (χ2v) is 12.7. The summed E-state index contributed by atoms with van der Waals surface area (Å²) in [5.41, 5.74) is 0.287. The van der Waals surface area contributed by atoms with Gasteiger partial charge in [0.25, 0.3) is 17.4 Å². The van der Waals surface area contributed by atoms with Gasteiger partial charge < -0.3 is 30.8 Å². The first-order chi connectivity index (χ1) is 21.7. The van der Waals surface area contributed by atoms with Crippen molar-refractivity contribution >= 4 is 46.0 Å². The molecule has 45 heavy (non-hydrogen) atoms. The van der Waals surface area contributed by atoms with Crippen molar-refractivity contribution in [1.29, 1.82) is 0 Å². The molecule has 0 radical (unpaired) electrons. The van der Waals surface area contributed by atoms with Gasteiger partial charge in [-0.1, -0.05) is 18.2 Å². The van der Waals surface area contributed by atoms with Gasteiger partial charge in [0.15, 0.2) is 0 Å². The predicted molar refractivity (Wildman–Crippen MR) is 166 cm³/mol. The number of hydrogen-bond acceptors (Lipinski definition) is 6. The molecule has 5 N–H and O–H groups in total. The van der Waals surface area contributed by atoms with Crippen LogP contribution in [0.4, 0.5) is 5.69 Å². The molecular weight excluding hydrogens is 576 g/mol. The van der Waals surface area contributed by atoms with Crippen LogP contribution in [0.25, 0.3) is 10.9 Å². The lowest BCUT2D eigenvalue weighted by Crippen LogP contribution is -2.56. The monoisotopic (exact) mass is 614 g/mol. The number of H-pyrrole nitrogens is 1. The summed E-state index contributed by atoms with van der Waals surface area (Å²) in [6.07, 6.45) is 6.95. The summed E-state index contributed by atoms with van der Waals surface area (Å²) in [5.74, 6) is -0.574. The number of aromatic amines is 1. The van der Waals surface area contributed by atoms with E-state index in [-0.39, 0.29) is 42.7 Å². The number of aromatic nitrogens is 2. The molecule has 7 rings (SSSR count). The topological polar surface area (TPSA) is 171 Å². The predicted octanol–water partition coefficient (Wildman–Crippen LogP) is 2.10. The number of ketones is 1. The van der Waals surface area contributed by atoms with E-state index in [1.807, 2.05) is 24.3 Å². The number of fused-ring (bicyclic) bond motifs is 1. The number of pyridine rings is 1. The summed E-state index contributed by atoms with van der Waals surface area (Å²) < 4.78 is 1.24. The lowest BCUT2D eigenvalue weighted by Gasteiger charge is -2.54. The maximum Gasteiger partial charge on any atom is 0.287 e. The minimum absolute atomic E-state index is 0.0765. The molecule has 0 spiro atoms. The fourth-order valence-corrected chi connectivity index (χ4v) is 7.75. The van der Waals surface area contributed by atoms with Crippen LogP contribution in [0.15, 0.2) is 53.5 Å². The Kier molecular flexibility index (Phi) is 8.55. The van der Waals surface area contributed by atoms with Crippen molar-refractivity contribution in [1.82, 2.24) is 25.5 Å². The fraction of sp³-hybridized carbons (Fsp3) is 0.455. The van der Waals surface area contributed by atoms with Crippen LogP contribution in [0, 0.1) is 23.7 Å². The smallest absolute Gasteiger partial charge is 0.287 e. The van der Waals surface area contributed by atoms with E-state index in [0.29, 0.717) is 11.8 Å². The Bertz CT molecular complexity index is 1650. The van der Waals surface area contributed by atoms with Gasteiger partial charge in [-0.2, -0.15) is 0 Å². The van der Waals surface area contributed by atoms with E-state index in [9.17, 15) is 28.8 Å². The molecule has 12 nitrogen and oxygen atoms in total. The quantitative estimate of drug-likeness (QED) is 0.207. The van der Waals surface area contributed by atoms with Crippen LogP contribution >= 0.6 is 0 Å². The number of amides is 4. The van der Waals surface area contributed by atoms with Gasteiger partial charge in [-0.15, -0.1) is 0 Å². The van der Waals surface area contributed by atoms with Crippen LogP contribution in [0.3, 0.4) is 0 Å². The van der Waals surface area contributed by atoms with Gasteiger partial charge in [-0.25, -0.2) is 0 Å². The van der Waals surface area contributed by atoms with Crippen LogP contribution in [-0.2, 0) is 25.7 Å². The number of nitrogens with zero attached hydrogens (tertiary/aromatic N) is 1. The van der Waals surface area contributed by atoms with E-state index in [1.165, 1.54) is 30.3 Å². The van der Waals surface area contributed by atoms with Crippen LogP contribution in [0.1, 0.15) is 55.4 Å². The molecule has 12 heteroatoms. The number of benzene rings is 1. The number of rotatable bonds is 11. The highest BCUT2D eigenvalue weighted by molar-refractivity contribution is 6.36. The van der Waals surface area contributed by atoms with Gasteiger partial charge in [0.2, 0.25) is 17.6 Å². The highest BCUT2D eigenvalue weighted by atomic mass is 16.2. The molecule has 4 amide bonds. The Morgan fingerprint density at radius 1 is 0.956 bits per heavy atom. The molecule has 4 aliphatic rings. The first kappa shape index (κ1) is 30.3. The van der Waals surface area contributed by atoms with Crippen molar-refractivity contribution in [2.75, 3.05) is 12.4 Å². The van der Waals surface area contributed by atoms with E-state index >= 15 is 0 Å². The summed E-state index contributed by atoms with van der Waals surface area (Å²) in [6, 6.07) is 10.8. The lowest BCUT2D eigenvalue weighted by molar-refractivity contribution is -0.137. The first-order valence-corrected chi connectivity index (χ1v) is 15.6. The molecule has 4 bridgehead atoms. The van der Waals surface area contributed by atoms with E-state index in [0.717, 1.165) is 48.4 Å². The summed E-state index contributed by atoms with van der Waals surface area (Å²) in [6.45, 7) is -0.188. The van der Waals surface area contributed by atoms with Crippen molar-refractivity contribution < 1.29 is 24.0 Å². The van der Waals surface area contributed by atoms with Crippen molar-refractivity contribution in [2.24, 2.45) is 23.7 Å². The Labute approximate surface area is 259 Å². The SMILES string of the molecule is CNC(=O)C(=O)CC[C@H](NC(=O)c1cc2ccccc2[nH]1)C(=O)Nc1cccn(CC(=O)NC2C3CC4CC(C3)CC2C4)c1=O. The van der Waals surface area contributed by atoms with Crippen molar-refractivity contribution in [3.63, 3.8) is 0 Å². The second kappa shape index (κ2) is 12.7. The molecule has 1 atom stereocenters. The molecule has 0 unspecified atom stereocenters. The Morgan fingerprint density at radius 3 is 2.36 bits per heavy atom. The van der Waals surface area contributed by atoms with E-state index < -0.39 is 35.1 Å². The molecular formula is C33H38N6O6. The zero-order valence-electron chi connectivity index (χ0n) is 25.1. The number of anilines is 1.